The van der Waals surface area contributed by atoms with Crippen LogP contribution in [0.4, 0.5) is 5.82 Å². The number of rotatable bonds is 1. The van der Waals surface area contributed by atoms with Gasteiger partial charge in [-0.25, -0.2) is 4.98 Å². The Balaban J connectivity index is 1.69. The lowest BCUT2D eigenvalue weighted by Gasteiger charge is -2.28. The molecule has 0 bridgehead atoms. The molecule has 2 aliphatic rings. The monoisotopic (exact) mass is 404 g/mol. The van der Waals surface area contributed by atoms with E-state index in [2.05, 4.69) is 30.0 Å². The highest BCUT2D eigenvalue weighted by Crippen LogP contribution is 2.37. The predicted octanol–water partition coefficient (Wildman–Crippen LogP) is 4.57. The molecule has 4 heterocycles. The van der Waals surface area contributed by atoms with Gasteiger partial charge in [0.15, 0.2) is 11.5 Å². The van der Waals surface area contributed by atoms with Gasteiger partial charge in [0.2, 0.25) is 0 Å². The van der Waals surface area contributed by atoms with Crippen LogP contribution in [0.3, 0.4) is 0 Å². The molecule has 0 N–H and O–H groups in total. The smallest absolute Gasteiger partial charge is 0.283 e. The van der Waals surface area contributed by atoms with Gasteiger partial charge in [0.25, 0.3) is 5.56 Å². The van der Waals surface area contributed by atoms with E-state index >= 15 is 0 Å². The van der Waals surface area contributed by atoms with Crippen LogP contribution in [0.15, 0.2) is 29.1 Å². The van der Waals surface area contributed by atoms with Gasteiger partial charge in [-0.05, 0) is 50.0 Å². The Bertz CT molecular complexity index is 1320. The van der Waals surface area contributed by atoms with Crippen LogP contribution < -0.4 is 10.5 Å². The Labute approximate surface area is 173 Å². The number of anilines is 1. The first-order valence-corrected chi connectivity index (χ1v) is 11.5. The molecule has 1 atom stereocenters. The second-order valence-electron chi connectivity index (χ2n) is 8.60. The van der Waals surface area contributed by atoms with E-state index in [9.17, 15) is 4.79 Å². The Morgan fingerprint density at radius 1 is 1.10 bits per heavy atom. The molecule has 0 unspecified atom stereocenters. The second kappa shape index (κ2) is 6.52. The van der Waals surface area contributed by atoms with Crippen LogP contribution in [0, 0.1) is 5.92 Å². The maximum absolute atomic E-state index is 13.6. The van der Waals surface area contributed by atoms with E-state index in [0.29, 0.717) is 11.6 Å². The summed E-state index contributed by atoms with van der Waals surface area (Å²) in [4.78, 5) is 23.2. The van der Waals surface area contributed by atoms with E-state index in [1.807, 2.05) is 6.07 Å². The molecule has 3 aromatic heterocycles. The highest BCUT2D eigenvalue weighted by molar-refractivity contribution is 7.18. The zero-order chi connectivity index (χ0) is 19.5. The van der Waals surface area contributed by atoms with Crippen molar-refractivity contribution in [1.29, 1.82) is 0 Å². The van der Waals surface area contributed by atoms with E-state index < -0.39 is 0 Å². The number of thiophene rings is 1. The van der Waals surface area contributed by atoms with Crippen molar-refractivity contribution >= 4 is 43.8 Å². The summed E-state index contributed by atoms with van der Waals surface area (Å²) in [5.74, 6) is 1.60. The van der Waals surface area contributed by atoms with Gasteiger partial charge in [-0.15, -0.1) is 16.4 Å². The third kappa shape index (κ3) is 2.61. The number of aromatic nitrogens is 3. The zero-order valence-electron chi connectivity index (χ0n) is 16.6. The second-order valence-corrected chi connectivity index (χ2v) is 9.68. The third-order valence-electron chi connectivity index (χ3n) is 6.57. The van der Waals surface area contributed by atoms with E-state index in [-0.39, 0.29) is 5.56 Å². The van der Waals surface area contributed by atoms with Crippen molar-refractivity contribution in [2.45, 2.75) is 45.4 Å². The first kappa shape index (κ1) is 17.4. The van der Waals surface area contributed by atoms with Crippen LogP contribution in [-0.2, 0) is 12.8 Å². The summed E-state index contributed by atoms with van der Waals surface area (Å²) >= 11 is 1.71. The van der Waals surface area contributed by atoms with Gasteiger partial charge in [-0.1, -0.05) is 31.2 Å². The fraction of sp³-hybridized carbons (Fsp3) is 0.435. The Morgan fingerprint density at radius 2 is 1.90 bits per heavy atom. The average molecular weight is 405 g/mol. The van der Waals surface area contributed by atoms with Gasteiger partial charge in [0.1, 0.15) is 4.83 Å². The number of fused-ring (bicyclic) bond motifs is 6. The van der Waals surface area contributed by atoms with Crippen LogP contribution in [0.25, 0.3) is 26.6 Å². The molecule has 1 aliphatic heterocycles. The summed E-state index contributed by atoms with van der Waals surface area (Å²) in [5.41, 5.74) is 1.91. The van der Waals surface area contributed by atoms with Crippen LogP contribution in [0.2, 0.25) is 0 Å². The quantitative estimate of drug-likeness (QED) is 0.436. The molecule has 1 saturated heterocycles. The lowest BCUT2D eigenvalue weighted by atomic mass is 9.89. The van der Waals surface area contributed by atoms with Crippen molar-refractivity contribution in [3.63, 3.8) is 0 Å². The Hall–Kier alpha value is -2.47. The first-order chi connectivity index (χ1) is 14.2. The maximum Gasteiger partial charge on any atom is 0.283 e. The van der Waals surface area contributed by atoms with E-state index in [4.69, 9.17) is 10.1 Å². The molecule has 0 saturated carbocycles. The highest BCUT2D eigenvalue weighted by Gasteiger charge is 2.25. The summed E-state index contributed by atoms with van der Waals surface area (Å²) in [5, 5.41) is 7.81. The molecule has 1 aliphatic carbocycles. The van der Waals surface area contributed by atoms with Crippen LogP contribution in [0.5, 0.6) is 0 Å². The largest absolute Gasteiger partial charge is 0.355 e. The van der Waals surface area contributed by atoms with Gasteiger partial charge in [0, 0.05) is 28.7 Å². The predicted molar refractivity (Wildman–Crippen MR) is 119 cm³/mol. The van der Waals surface area contributed by atoms with Crippen molar-refractivity contribution < 1.29 is 0 Å². The fourth-order valence-corrected chi connectivity index (χ4v) is 6.38. The minimum Gasteiger partial charge on any atom is -0.355 e. The third-order valence-corrected chi connectivity index (χ3v) is 7.71. The summed E-state index contributed by atoms with van der Waals surface area (Å²) in [6, 6.07) is 8.27. The van der Waals surface area contributed by atoms with Gasteiger partial charge < -0.3 is 4.90 Å². The molecule has 0 amide bonds. The lowest BCUT2D eigenvalue weighted by molar-refractivity contribution is 0.509. The Morgan fingerprint density at radius 3 is 2.72 bits per heavy atom. The molecule has 0 radical (unpaired) electrons. The molecule has 0 spiro atoms. The summed E-state index contributed by atoms with van der Waals surface area (Å²) in [7, 11) is 0. The van der Waals surface area contributed by atoms with Crippen LogP contribution >= 0.6 is 11.3 Å². The van der Waals surface area contributed by atoms with Crippen LogP contribution in [0.1, 0.15) is 43.0 Å². The normalized spacial score (nSPS) is 19.9. The molecule has 4 aromatic rings. The average Bonchev–Trinajstić information content (AvgIpc) is 3.11. The minimum absolute atomic E-state index is 0.000987. The van der Waals surface area contributed by atoms with Crippen molar-refractivity contribution in [2.24, 2.45) is 5.92 Å². The molecular formula is C23H24N4OS. The molecule has 1 fully saturated rings. The number of aryl methyl sites for hydroxylation is 1. The highest BCUT2D eigenvalue weighted by atomic mass is 32.1. The molecular weight excluding hydrogens is 380 g/mol. The summed E-state index contributed by atoms with van der Waals surface area (Å²) in [6.45, 7) is 4.29. The van der Waals surface area contributed by atoms with E-state index in [1.165, 1.54) is 29.7 Å². The number of nitrogens with zero attached hydrogens (tertiary/aromatic N) is 4. The minimum atomic E-state index is 0.000987. The molecule has 29 heavy (non-hydrogen) atoms. The topological polar surface area (TPSA) is 50.5 Å². The number of hydrogen-bond acceptors (Lipinski definition) is 5. The molecule has 6 rings (SSSR count). The van der Waals surface area contributed by atoms with Crippen molar-refractivity contribution in [3.05, 3.63) is 45.1 Å². The molecule has 148 valence electrons. The van der Waals surface area contributed by atoms with Gasteiger partial charge in [-0.3, -0.25) is 4.79 Å². The van der Waals surface area contributed by atoms with E-state index in [1.54, 1.807) is 15.9 Å². The summed E-state index contributed by atoms with van der Waals surface area (Å²) in [6.07, 6.45) is 6.80. The standard InChI is InChI=1S/C23H24N4OS/c1-14-9-10-17-18(13-14)29-22-19(17)23(28)27-20(24-22)15-7-3-4-8-16(15)21(25-27)26-11-5-2-6-12-26/h3-4,7-8,14H,2,5-6,9-13H2,1H3/t14-/m0/s1. The first-order valence-electron chi connectivity index (χ1n) is 10.7. The van der Waals surface area contributed by atoms with E-state index in [0.717, 1.165) is 59.2 Å². The summed E-state index contributed by atoms with van der Waals surface area (Å²) < 4.78 is 1.58. The number of hydrogen-bond donors (Lipinski definition) is 0. The van der Waals surface area contributed by atoms with Gasteiger partial charge in [0.05, 0.1) is 5.39 Å². The van der Waals surface area contributed by atoms with Gasteiger partial charge >= 0.3 is 0 Å². The number of benzene rings is 1. The van der Waals surface area contributed by atoms with Crippen molar-refractivity contribution in [1.82, 2.24) is 14.6 Å². The Kier molecular flexibility index (Phi) is 3.91. The van der Waals surface area contributed by atoms with Crippen molar-refractivity contribution in [2.75, 3.05) is 18.0 Å². The number of piperidine rings is 1. The molecule has 6 heteroatoms. The van der Waals surface area contributed by atoms with Crippen LogP contribution in [-0.4, -0.2) is 27.7 Å². The SMILES string of the molecule is C[C@H]1CCc2c(sc3nc4c5ccccc5c(N5CCCCC5)nn4c(=O)c23)C1. The van der Waals surface area contributed by atoms with Gasteiger partial charge in [-0.2, -0.15) is 4.52 Å². The van der Waals surface area contributed by atoms with Crippen molar-refractivity contribution in [3.8, 4) is 0 Å². The fourth-order valence-electron chi connectivity index (χ4n) is 5.01. The lowest BCUT2D eigenvalue weighted by Crippen LogP contribution is -2.32. The zero-order valence-corrected chi connectivity index (χ0v) is 17.5. The molecule has 1 aromatic carbocycles. The maximum atomic E-state index is 13.6. The molecule has 5 nitrogen and oxygen atoms in total.